The Morgan fingerprint density at radius 1 is 1.57 bits per heavy atom. The van der Waals surface area contributed by atoms with E-state index in [4.69, 9.17) is 9.59 Å². The van der Waals surface area contributed by atoms with Crippen molar-refractivity contribution >= 4 is 18.1 Å². The molecule has 2 N–H and O–H groups in total. The minimum Gasteiger partial charge on any atom is -0.438 e. The Balaban J connectivity index is 3.15. The molecule has 7 heavy (non-hydrogen) atoms. The van der Waals surface area contributed by atoms with Gasteiger partial charge in [0.15, 0.2) is 18.1 Å². The van der Waals surface area contributed by atoms with Gasteiger partial charge in [-0.05, 0) is 18.8 Å². The van der Waals surface area contributed by atoms with Crippen LogP contribution in [0.15, 0.2) is 0 Å². The molecule has 0 rings (SSSR count). The van der Waals surface area contributed by atoms with Crippen LogP contribution in [0.1, 0.15) is 0 Å². The molecule has 0 amide bonds. The molecule has 0 aliphatic heterocycles. The minimum absolute atomic E-state index is 0.729. The normalized spacial score (nSPS) is 13.7. The van der Waals surface area contributed by atoms with Crippen molar-refractivity contribution in [3.05, 3.63) is 0 Å². The number of hydrogen-bond acceptors (Lipinski definition) is 2. The zero-order valence-electron chi connectivity index (χ0n) is 4.81. The van der Waals surface area contributed by atoms with E-state index in [1.807, 2.05) is 13.1 Å². The Labute approximate surface area is 47.3 Å². The molecule has 0 saturated carbocycles. The lowest BCUT2D eigenvalue weighted by molar-refractivity contribution is 0.549. The molecule has 0 aliphatic carbocycles. The first-order valence-electron chi connectivity index (χ1n) is 2.39. The van der Waals surface area contributed by atoms with Gasteiger partial charge < -0.3 is 9.59 Å². The highest BCUT2D eigenvalue weighted by Gasteiger charge is 2.14. The lowest BCUT2D eigenvalue weighted by atomic mass is 11.8. The van der Waals surface area contributed by atoms with Crippen molar-refractivity contribution in [2.75, 3.05) is 0 Å². The average molecular weight is 136 g/mol. The number of hydrogen-bond donors (Lipinski definition) is 2. The van der Waals surface area contributed by atoms with Gasteiger partial charge in [0.1, 0.15) is 0 Å². The van der Waals surface area contributed by atoms with Crippen LogP contribution in [0, 0.1) is 0 Å². The maximum Gasteiger partial charge on any atom is 0.181 e. The van der Waals surface area contributed by atoms with Gasteiger partial charge in [-0.25, -0.2) is 0 Å². The third-order valence-electron chi connectivity index (χ3n) is 0.724. The summed E-state index contributed by atoms with van der Waals surface area (Å²) in [6, 6.07) is 0. The van der Waals surface area contributed by atoms with Gasteiger partial charge in [-0.15, -0.1) is 0 Å². The molecule has 2 nitrogen and oxygen atoms in total. The van der Waals surface area contributed by atoms with E-state index in [1.54, 1.807) is 0 Å². The third kappa shape index (κ3) is 6.35. The fraction of sp³-hybridized carbons (Fsp3) is 1.00. The smallest absolute Gasteiger partial charge is 0.181 e. The first kappa shape index (κ1) is 7.35. The molecule has 0 aromatic heterocycles. The summed E-state index contributed by atoms with van der Waals surface area (Å²) in [5.41, 5.74) is 0.729. The van der Waals surface area contributed by atoms with Gasteiger partial charge in [-0.3, -0.25) is 0 Å². The van der Waals surface area contributed by atoms with Gasteiger partial charge in [0, 0.05) is 0 Å². The SMILES string of the molecule is C[Si](C)(O)C[SiH2]O. The summed E-state index contributed by atoms with van der Waals surface area (Å²) in [5.74, 6) is 0. The molecule has 0 fully saturated rings. The minimum atomic E-state index is -1.85. The highest BCUT2D eigenvalue weighted by atomic mass is 28.4. The van der Waals surface area contributed by atoms with Gasteiger partial charge in [-0.2, -0.15) is 0 Å². The molecule has 0 bridgehead atoms. The van der Waals surface area contributed by atoms with Crippen LogP contribution in [-0.4, -0.2) is 27.7 Å². The summed E-state index contributed by atoms with van der Waals surface area (Å²) in [4.78, 5) is 17.4. The van der Waals surface area contributed by atoms with E-state index in [0.29, 0.717) is 0 Å². The maximum atomic E-state index is 9.03. The second kappa shape index (κ2) is 2.61. The summed E-state index contributed by atoms with van der Waals surface area (Å²) in [5, 5.41) is 0. The van der Waals surface area contributed by atoms with Gasteiger partial charge in [-0.1, -0.05) is 0 Å². The first-order valence-corrected chi connectivity index (χ1v) is 7.18. The standard InChI is InChI=1S/C3H12O2Si2/c1-7(2,5)3-6-4/h4-5H,3,6H2,1-2H3. The molecule has 0 heterocycles. The van der Waals surface area contributed by atoms with Crippen LogP contribution in [-0.2, 0) is 0 Å². The highest BCUT2D eigenvalue weighted by molar-refractivity contribution is 6.76. The van der Waals surface area contributed by atoms with Crippen LogP contribution < -0.4 is 0 Å². The molecule has 44 valence electrons. The molecule has 0 atom stereocenters. The molecule has 0 aromatic carbocycles. The predicted octanol–water partition coefficient (Wildman–Crippen LogP) is -0.783. The molecule has 0 unspecified atom stereocenters. The van der Waals surface area contributed by atoms with Crippen LogP contribution in [0.5, 0.6) is 0 Å². The predicted molar refractivity (Wildman–Crippen MR) is 35.3 cm³/mol. The van der Waals surface area contributed by atoms with Crippen molar-refractivity contribution in [3.8, 4) is 0 Å². The van der Waals surface area contributed by atoms with Crippen LogP contribution in [0.25, 0.3) is 0 Å². The fourth-order valence-corrected chi connectivity index (χ4v) is 2.46. The van der Waals surface area contributed by atoms with Crippen LogP contribution in [0.2, 0.25) is 18.8 Å². The lowest BCUT2D eigenvalue weighted by Crippen LogP contribution is -2.26. The summed E-state index contributed by atoms with van der Waals surface area (Å²) in [7, 11) is -2.72. The molecular formula is C3H12O2Si2. The number of rotatable bonds is 2. The summed E-state index contributed by atoms with van der Waals surface area (Å²) >= 11 is 0. The highest BCUT2D eigenvalue weighted by Crippen LogP contribution is 1.99. The Kier molecular flexibility index (Phi) is 2.74. The Hall–Kier alpha value is 0.354. The summed E-state index contributed by atoms with van der Waals surface area (Å²) < 4.78 is 0. The Morgan fingerprint density at radius 2 is 2.00 bits per heavy atom. The van der Waals surface area contributed by atoms with Crippen molar-refractivity contribution in [2.45, 2.75) is 18.8 Å². The van der Waals surface area contributed by atoms with Crippen molar-refractivity contribution in [1.82, 2.24) is 0 Å². The molecule has 0 aliphatic rings. The summed E-state index contributed by atoms with van der Waals surface area (Å²) in [6.45, 7) is 3.69. The molecular weight excluding hydrogens is 124 g/mol. The van der Waals surface area contributed by atoms with Crippen LogP contribution >= 0.6 is 0 Å². The van der Waals surface area contributed by atoms with Crippen molar-refractivity contribution in [2.24, 2.45) is 0 Å². The van der Waals surface area contributed by atoms with E-state index < -0.39 is 18.1 Å². The second-order valence-electron chi connectivity index (χ2n) is 2.29. The van der Waals surface area contributed by atoms with Crippen molar-refractivity contribution in [1.29, 1.82) is 0 Å². The molecule has 0 spiro atoms. The first-order chi connectivity index (χ1) is 3.06. The van der Waals surface area contributed by atoms with E-state index in [1.165, 1.54) is 0 Å². The van der Waals surface area contributed by atoms with Gasteiger partial charge in [0.25, 0.3) is 0 Å². The van der Waals surface area contributed by atoms with E-state index in [-0.39, 0.29) is 0 Å². The maximum absolute atomic E-state index is 9.03. The molecule has 0 radical (unpaired) electrons. The van der Waals surface area contributed by atoms with E-state index in [0.717, 1.165) is 5.67 Å². The summed E-state index contributed by atoms with van der Waals surface area (Å²) in [6.07, 6.45) is 0. The largest absolute Gasteiger partial charge is 0.438 e. The van der Waals surface area contributed by atoms with Crippen molar-refractivity contribution < 1.29 is 9.59 Å². The van der Waals surface area contributed by atoms with Crippen LogP contribution in [0.3, 0.4) is 0 Å². The van der Waals surface area contributed by atoms with Gasteiger partial charge in [0.05, 0.1) is 0 Å². The molecule has 0 saturated heterocycles. The lowest BCUT2D eigenvalue weighted by Gasteiger charge is -2.09. The fourth-order valence-electron chi connectivity index (χ4n) is 0.274. The van der Waals surface area contributed by atoms with E-state index in [2.05, 4.69) is 0 Å². The zero-order chi connectivity index (χ0) is 5.91. The average Bonchev–Trinajstić information content (AvgIpc) is 1.30. The zero-order valence-corrected chi connectivity index (χ0v) is 7.22. The topological polar surface area (TPSA) is 40.5 Å². The monoisotopic (exact) mass is 136 g/mol. The Bertz CT molecular complexity index is 49.4. The van der Waals surface area contributed by atoms with Crippen molar-refractivity contribution in [3.63, 3.8) is 0 Å². The Morgan fingerprint density at radius 3 is 2.00 bits per heavy atom. The van der Waals surface area contributed by atoms with E-state index in [9.17, 15) is 0 Å². The second-order valence-corrected chi connectivity index (χ2v) is 8.36. The molecule has 0 aromatic rings. The quantitative estimate of drug-likeness (QED) is 0.489. The van der Waals surface area contributed by atoms with E-state index >= 15 is 0 Å². The molecule has 4 heteroatoms. The van der Waals surface area contributed by atoms with Gasteiger partial charge >= 0.3 is 0 Å². The van der Waals surface area contributed by atoms with Gasteiger partial charge in [0.2, 0.25) is 0 Å². The third-order valence-corrected chi connectivity index (χ3v) is 6.51. The van der Waals surface area contributed by atoms with Crippen LogP contribution in [0.4, 0.5) is 0 Å².